The van der Waals surface area contributed by atoms with Gasteiger partial charge in [0, 0.05) is 10.4 Å². The summed E-state index contributed by atoms with van der Waals surface area (Å²) in [6.45, 7) is 4.04. The molecule has 20 heavy (non-hydrogen) atoms. The molecule has 0 radical (unpaired) electrons. The van der Waals surface area contributed by atoms with Gasteiger partial charge in [0.05, 0.1) is 6.04 Å². The van der Waals surface area contributed by atoms with E-state index in [1.807, 2.05) is 43.3 Å². The van der Waals surface area contributed by atoms with Crippen LogP contribution in [0.15, 0.2) is 46.9 Å². The van der Waals surface area contributed by atoms with Crippen molar-refractivity contribution in [2.75, 3.05) is 0 Å². The molecule has 0 saturated carbocycles. The van der Waals surface area contributed by atoms with Crippen LogP contribution in [-0.2, 0) is 0 Å². The molecular formula is C17H16ClNO. The van der Waals surface area contributed by atoms with Gasteiger partial charge in [0.1, 0.15) is 11.3 Å². The molecule has 0 spiro atoms. The minimum Gasteiger partial charge on any atom is -0.459 e. The van der Waals surface area contributed by atoms with Crippen LogP contribution in [0.5, 0.6) is 0 Å². The first-order valence-corrected chi connectivity index (χ1v) is 6.94. The van der Waals surface area contributed by atoms with Crippen molar-refractivity contribution in [1.82, 2.24) is 0 Å². The second-order valence-electron chi connectivity index (χ2n) is 5.18. The molecule has 0 aliphatic carbocycles. The molecule has 0 aliphatic heterocycles. The molecule has 1 atom stereocenters. The fourth-order valence-corrected chi connectivity index (χ4v) is 2.49. The fourth-order valence-electron chi connectivity index (χ4n) is 2.30. The Kier molecular flexibility index (Phi) is 3.28. The number of benzene rings is 2. The standard InChI is InChI=1S/C17H16ClNO/c1-10-3-6-15-13(7-10)9-16(20-15)17(19)12-5-4-11(2)14(18)8-12/h3-9,17H,19H2,1-2H3. The molecular weight excluding hydrogens is 270 g/mol. The third-order valence-corrected chi connectivity index (χ3v) is 3.96. The van der Waals surface area contributed by atoms with Gasteiger partial charge in [-0.05, 0) is 49.2 Å². The van der Waals surface area contributed by atoms with E-state index in [0.29, 0.717) is 0 Å². The van der Waals surface area contributed by atoms with Crippen molar-refractivity contribution in [1.29, 1.82) is 0 Å². The summed E-state index contributed by atoms with van der Waals surface area (Å²) < 4.78 is 5.84. The second kappa shape index (κ2) is 4.97. The van der Waals surface area contributed by atoms with Gasteiger partial charge in [-0.2, -0.15) is 0 Å². The molecule has 0 aliphatic rings. The monoisotopic (exact) mass is 285 g/mol. The summed E-state index contributed by atoms with van der Waals surface area (Å²) in [5.74, 6) is 0.755. The normalized spacial score (nSPS) is 12.8. The number of furan rings is 1. The van der Waals surface area contributed by atoms with Crippen LogP contribution in [0.2, 0.25) is 5.02 Å². The summed E-state index contributed by atoms with van der Waals surface area (Å²) in [4.78, 5) is 0. The van der Waals surface area contributed by atoms with Crippen molar-refractivity contribution in [2.45, 2.75) is 19.9 Å². The van der Waals surface area contributed by atoms with E-state index in [1.54, 1.807) is 0 Å². The van der Waals surface area contributed by atoms with Gasteiger partial charge in [-0.1, -0.05) is 35.4 Å². The summed E-state index contributed by atoms with van der Waals surface area (Å²) in [7, 11) is 0. The van der Waals surface area contributed by atoms with Gasteiger partial charge >= 0.3 is 0 Å². The van der Waals surface area contributed by atoms with Crippen LogP contribution < -0.4 is 5.73 Å². The van der Waals surface area contributed by atoms with Crippen LogP contribution in [0, 0.1) is 13.8 Å². The lowest BCUT2D eigenvalue weighted by molar-refractivity contribution is 0.525. The maximum atomic E-state index is 6.28. The summed E-state index contributed by atoms with van der Waals surface area (Å²) in [6.07, 6.45) is 0. The zero-order valence-corrected chi connectivity index (χ0v) is 12.2. The molecule has 1 aromatic heterocycles. The van der Waals surface area contributed by atoms with Gasteiger partial charge in [-0.25, -0.2) is 0 Å². The molecule has 2 N–H and O–H groups in total. The Morgan fingerprint density at radius 3 is 2.60 bits per heavy atom. The van der Waals surface area contributed by atoms with E-state index in [4.69, 9.17) is 21.8 Å². The molecule has 1 unspecified atom stereocenters. The van der Waals surface area contributed by atoms with Gasteiger partial charge in [0.15, 0.2) is 0 Å². The first kappa shape index (κ1) is 13.2. The largest absolute Gasteiger partial charge is 0.459 e. The van der Waals surface area contributed by atoms with E-state index in [9.17, 15) is 0 Å². The Labute approximate surface area is 123 Å². The zero-order valence-electron chi connectivity index (χ0n) is 11.5. The van der Waals surface area contributed by atoms with Crippen molar-refractivity contribution in [2.24, 2.45) is 5.73 Å². The number of halogens is 1. The van der Waals surface area contributed by atoms with Crippen molar-refractivity contribution >= 4 is 22.6 Å². The molecule has 3 rings (SSSR count). The van der Waals surface area contributed by atoms with Gasteiger partial charge in [-0.15, -0.1) is 0 Å². The quantitative estimate of drug-likeness (QED) is 0.738. The van der Waals surface area contributed by atoms with Crippen LogP contribution in [0.4, 0.5) is 0 Å². The maximum Gasteiger partial charge on any atom is 0.134 e. The highest BCUT2D eigenvalue weighted by molar-refractivity contribution is 6.31. The molecule has 2 aromatic carbocycles. The van der Waals surface area contributed by atoms with Gasteiger partial charge in [0.25, 0.3) is 0 Å². The Balaban J connectivity index is 2.02. The molecule has 2 nitrogen and oxygen atoms in total. The molecule has 3 heteroatoms. The molecule has 0 amide bonds. The van der Waals surface area contributed by atoms with Crippen LogP contribution in [0.3, 0.4) is 0 Å². The lowest BCUT2D eigenvalue weighted by atomic mass is 10.0. The van der Waals surface area contributed by atoms with E-state index in [1.165, 1.54) is 5.56 Å². The Morgan fingerprint density at radius 2 is 1.85 bits per heavy atom. The predicted molar refractivity (Wildman–Crippen MR) is 83.2 cm³/mol. The third kappa shape index (κ3) is 2.33. The van der Waals surface area contributed by atoms with Gasteiger partial charge in [-0.3, -0.25) is 0 Å². The molecule has 0 saturated heterocycles. The summed E-state index contributed by atoms with van der Waals surface area (Å²) >= 11 is 6.16. The first-order chi connectivity index (χ1) is 9.54. The van der Waals surface area contributed by atoms with E-state index in [0.717, 1.165) is 32.9 Å². The predicted octanol–water partition coefficient (Wildman–Crippen LogP) is 4.75. The van der Waals surface area contributed by atoms with Crippen LogP contribution in [-0.4, -0.2) is 0 Å². The van der Waals surface area contributed by atoms with Crippen molar-refractivity contribution in [3.05, 3.63) is 69.9 Å². The number of hydrogen-bond donors (Lipinski definition) is 1. The Hall–Kier alpha value is -1.77. The van der Waals surface area contributed by atoms with E-state index in [2.05, 4.69) is 13.0 Å². The minimum atomic E-state index is -0.305. The van der Waals surface area contributed by atoms with E-state index in [-0.39, 0.29) is 6.04 Å². The first-order valence-electron chi connectivity index (χ1n) is 6.56. The highest BCUT2D eigenvalue weighted by Gasteiger charge is 2.15. The third-order valence-electron chi connectivity index (χ3n) is 3.55. The average Bonchev–Trinajstić information content (AvgIpc) is 2.84. The van der Waals surface area contributed by atoms with Crippen molar-refractivity contribution < 1.29 is 4.42 Å². The second-order valence-corrected chi connectivity index (χ2v) is 5.58. The topological polar surface area (TPSA) is 39.2 Å². The van der Waals surface area contributed by atoms with Crippen molar-refractivity contribution in [3.8, 4) is 0 Å². The highest BCUT2D eigenvalue weighted by atomic mass is 35.5. The summed E-state index contributed by atoms with van der Waals surface area (Å²) in [5.41, 5.74) is 10.3. The number of hydrogen-bond acceptors (Lipinski definition) is 2. The minimum absolute atomic E-state index is 0.305. The molecule has 3 aromatic rings. The number of rotatable bonds is 2. The van der Waals surface area contributed by atoms with Crippen LogP contribution >= 0.6 is 11.6 Å². The zero-order chi connectivity index (χ0) is 14.3. The Morgan fingerprint density at radius 1 is 1.05 bits per heavy atom. The number of aryl methyl sites for hydroxylation is 2. The summed E-state index contributed by atoms with van der Waals surface area (Å²) in [5, 5.41) is 1.80. The molecule has 0 fully saturated rings. The molecule has 0 bridgehead atoms. The van der Waals surface area contributed by atoms with Crippen LogP contribution in [0.25, 0.3) is 11.0 Å². The highest BCUT2D eigenvalue weighted by Crippen LogP contribution is 2.29. The number of nitrogens with two attached hydrogens (primary N) is 1. The Bertz CT molecular complexity index is 776. The molecule has 102 valence electrons. The lowest BCUT2D eigenvalue weighted by Gasteiger charge is -2.10. The maximum absolute atomic E-state index is 6.28. The van der Waals surface area contributed by atoms with Gasteiger partial charge in [0.2, 0.25) is 0 Å². The fraction of sp³-hybridized carbons (Fsp3) is 0.176. The van der Waals surface area contributed by atoms with Crippen molar-refractivity contribution in [3.63, 3.8) is 0 Å². The van der Waals surface area contributed by atoms with Crippen LogP contribution in [0.1, 0.15) is 28.5 Å². The summed E-state index contributed by atoms with van der Waals surface area (Å²) in [6, 6.07) is 13.7. The lowest BCUT2D eigenvalue weighted by Crippen LogP contribution is -2.10. The van der Waals surface area contributed by atoms with E-state index >= 15 is 0 Å². The SMILES string of the molecule is Cc1ccc2oc(C(N)c3ccc(C)c(Cl)c3)cc2c1. The number of fused-ring (bicyclic) bond motifs is 1. The average molecular weight is 286 g/mol. The smallest absolute Gasteiger partial charge is 0.134 e. The molecule has 1 heterocycles. The van der Waals surface area contributed by atoms with E-state index < -0.39 is 0 Å². The van der Waals surface area contributed by atoms with Gasteiger partial charge < -0.3 is 10.2 Å².